The zero-order valence-electron chi connectivity index (χ0n) is 16.6. The first-order chi connectivity index (χ1) is 13.3. The van der Waals surface area contributed by atoms with Gasteiger partial charge in [0.25, 0.3) is 17.7 Å². The molecular formula is C20H26N2O6. The van der Waals surface area contributed by atoms with Crippen molar-refractivity contribution in [3.8, 4) is 0 Å². The summed E-state index contributed by atoms with van der Waals surface area (Å²) >= 11 is 0. The van der Waals surface area contributed by atoms with Gasteiger partial charge in [0, 0.05) is 26.3 Å². The van der Waals surface area contributed by atoms with Crippen LogP contribution in [-0.2, 0) is 14.3 Å². The van der Waals surface area contributed by atoms with Crippen molar-refractivity contribution >= 4 is 23.7 Å². The van der Waals surface area contributed by atoms with E-state index in [1.54, 1.807) is 7.11 Å². The molecule has 28 heavy (non-hydrogen) atoms. The summed E-state index contributed by atoms with van der Waals surface area (Å²) in [5, 5.41) is 2.74. The molecule has 0 fully saturated rings. The minimum Gasteiger partial charge on any atom is -0.452 e. The van der Waals surface area contributed by atoms with Gasteiger partial charge in [0.2, 0.25) is 0 Å². The third-order valence-corrected chi connectivity index (χ3v) is 4.66. The van der Waals surface area contributed by atoms with Crippen LogP contribution in [0.25, 0.3) is 0 Å². The largest absolute Gasteiger partial charge is 0.452 e. The van der Waals surface area contributed by atoms with Gasteiger partial charge in [-0.2, -0.15) is 0 Å². The topological polar surface area (TPSA) is 102 Å². The van der Waals surface area contributed by atoms with Crippen molar-refractivity contribution in [2.45, 2.75) is 33.2 Å². The normalized spacial score (nSPS) is 14.2. The number of ether oxygens (including phenoxy) is 2. The predicted molar refractivity (Wildman–Crippen MR) is 101 cm³/mol. The van der Waals surface area contributed by atoms with Crippen molar-refractivity contribution in [3.63, 3.8) is 0 Å². The Morgan fingerprint density at radius 1 is 1.11 bits per heavy atom. The average molecular weight is 390 g/mol. The van der Waals surface area contributed by atoms with Crippen molar-refractivity contribution in [1.82, 2.24) is 10.2 Å². The Morgan fingerprint density at radius 2 is 1.79 bits per heavy atom. The van der Waals surface area contributed by atoms with Crippen molar-refractivity contribution < 1.29 is 28.7 Å². The maximum absolute atomic E-state index is 12.5. The van der Waals surface area contributed by atoms with Crippen molar-refractivity contribution in [1.29, 1.82) is 0 Å². The number of methoxy groups -OCH3 is 1. The molecule has 1 N–H and O–H groups in total. The number of hydrogen-bond donors (Lipinski definition) is 1. The van der Waals surface area contributed by atoms with E-state index in [9.17, 15) is 19.2 Å². The summed E-state index contributed by atoms with van der Waals surface area (Å²) in [6.45, 7) is 6.07. The summed E-state index contributed by atoms with van der Waals surface area (Å²) in [6, 6.07) is 4.14. The zero-order chi connectivity index (χ0) is 20.8. The Morgan fingerprint density at radius 3 is 2.43 bits per heavy atom. The molecule has 3 amide bonds. The first-order valence-corrected chi connectivity index (χ1v) is 9.22. The van der Waals surface area contributed by atoms with Gasteiger partial charge in [-0.3, -0.25) is 19.3 Å². The molecule has 2 rings (SSSR count). The number of carbonyl (C=O) groups excluding carboxylic acids is 4. The Bertz CT molecular complexity index is 774. The number of nitrogens with one attached hydrogen (secondary N) is 1. The van der Waals surface area contributed by atoms with Crippen molar-refractivity contribution in [3.05, 3.63) is 34.9 Å². The molecule has 0 unspecified atom stereocenters. The fourth-order valence-corrected chi connectivity index (χ4v) is 2.66. The highest BCUT2D eigenvalue weighted by Crippen LogP contribution is 2.24. The lowest BCUT2D eigenvalue weighted by Gasteiger charge is -2.17. The van der Waals surface area contributed by atoms with Gasteiger partial charge in [-0.15, -0.1) is 0 Å². The third-order valence-electron chi connectivity index (χ3n) is 4.66. The Kier molecular flexibility index (Phi) is 7.28. The van der Waals surface area contributed by atoms with Crippen LogP contribution in [0.5, 0.6) is 0 Å². The van der Waals surface area contributed by atoms with Crippen LogP contribution in [0.1, 0.15) is 58.3 Å². The fourth-order valence-electron chi connectivity index (χ4n) is 2.66. The molecule has 0 bridgehead atoms. The van der Waals surface area contributed by atoms with Gasteiger partial charge >= 0.3 is 5.97 Å². The molecule has 0 radical (unpaired) electrons. The molecule has 0 saturated heterocycles. The van der Waals surface area contributed by atoms with E-state index in [0.29, 0.717) is 13.0 Å². The van der Waals surface area contributed by atoms with Crippen molar-refractivity contribution in [2.75, 3.05) is 26.9 Å². The Labute approximate surface area is 164 Å². The standard InChI is InChI=1S/C20H26N2O6/c1-12(2)13(3)21-17(23)11-28-20(26)14-6-7-15-16(10-14)19(25)22(18(15)24)8-5-9-27-4/h6-7,10,12-13H,5,8-9,11H2,1-4H3,(H,21,23)/t13-/m1/s1. The summed E-state index contributed by atoms with van der Waals surface area (Å²) in [6.07, 6.45) is 0.529. The summed E-state index contributed by atoms with van der Waals surface area (Å²) in [7, 11) is 1.55. The molecule has 0 saturated carbocycles. The minimum absolute atomic E-state index is 0.0427. The predicted octanol–water partition coefficient (Wildman–Crippen LogP) is 1.64. The number of nitrogens with zero attached hydrogens (tertiary/aromatic N) is 1. The third kappa shape index (κ3) is 4.95. The molecule has 1 aromatic rings. The van der Waals surface area contributed by atoms with E-state index in [2.05, 4.69) is 5.32 Å². The highest BCUT2D eigenvalue weighted by molar-refractivity contribution is 6.21. The smallest absolute Gasteiger partial charge is 0.338 e. The first kappa shape index (κ1) is 21.6. The number of carbonyl (C=O) groups is 4. The molecule has 152 valence electrons. The molecule has 1 aliphatic rings. The second kappa shape index (κ2) is 9.45. The van der Waals surface area contributed by atoms with E-state index in [-0.39, 0.29) is 35.2 Å². The van der Waals surface area contributed by atoms with E-state index >= 15 is 0 Å². The molecule has 0 aromatic heterocycles. The lowest BCUT2D eigenvalue weighted by atomic mass is 10.1. The van der Waals surface area contributed by atoms with Crippen LogP contribution in [-0.4, -0.2) is 61.5 Å². The summed E-state index contributed by atoms with van der Waals surface area (Å²) < 4.78 is 9.96. The molecule has 0 aliphatic carbocycles. The summed E-state index contributed by atoms with van der Waals surface area (Å²) in [4.78, 5) is 50.0. The first-order valence-electron chi connectivity index (χ1n) is 9.22. The van der Waals surface area contributed by atoms with E-state index in [1.807, 2.05) is 20.8 Å². The highest BCUT2D eigenvalue weighted by atomic mass is 16.5. The van der Waals surface area contributed by atoms with E-state index in [0.717, 1.165) is 4.90 Å². The second-order valence-electron chi connectivity index (χ2n) is 7.04. The van der Waals surface area contributed by atoms with Gasteiger partial charge in [0.15, 0.2) is 6.61 Å². The SMILES string of the molecule is COCCCN1C(=O)c2ccc(C(=O)OCC(=O)N[C@H](C)C(C)C)cc2C1=O. The van der Waals surface area contributed by atoms with Gasteiger partial charge in [-0.1, -0.05) is 13.8 Å². The quantitative estimate of drug-likeness (QED) is 0.391. The van der Waals surface area contributed by atoms with Gasteiger partial charge in [-0.05, 0) is 37.5 Å². The highest BCUT2D eigenvalue weighted by Gasteiger charge is 2.35. The van der Waals surface area contributed by atoms with Crippen LogP contribution < -0.4 is 5.32 Å². The lowest BCUT2D eigenvalue weighted by molar-refractivity contribution is -0.125. The summed E-state index contributed by atoms with van der Waals surface area (Å²) in [5.74, 6) is -1.71. The van der Waals surface area contributed by atoms with Gasteiger partial charge < -0.3 is 14.8 Å². The van der Waals surface area contributed by atoms with Gasteiger partial charge in [-0.25, -0.2) is 4.79 Å². The number of esters is 1. The van der Waals surface area contributed by atoms with Crippen LogP contribution in [0.4, 0.5) is 0 Å². The van der Waals surface area contributed by atoms with E-state index < -0.39 is 30.3 Å². The van der Waals surface area contributed by atoms with Crippen LogP contribution in [0.3, 0.4) is 0 Å². The average Bonchev–Trinajstić information content (AvgIpc) is 2.90. The maximum Gasteiger partial charge on any atom is 0.338 e. The molecule has 1 aromatic carbocycles. The summed E-state index contributed by atoms with van der Waals surface area (Å²) in [5.41, 5.74) is 0.528. The maximum atomic E-state index is 12.5. The molecule has 1 aliphatic heterocycles. The number of rotatable bonds is 9. The minimum atomic E-state index is -0.728. The molecule has 0 spiro atoms. The second-order valence-corrected chi connectivity index (χ2v) is 7.04. The molecule has 1 atom stereocenters. The van der Waals surface area contributed by atoms with Gasteiger partial charge in [0.1, 0.15) is 0 Å². The molecule has 8 nitrogen and oxygen atoms in total. The number of imide groups is 1. The lowest BCUT2D eigenvalue weighted by Crippen LogP contribution is -2.38. The zero-order valence-corrected chi connectivity index (χ0v) is 16.6. The van der Waals surface area contributed by atoms with Crippen LogP contribution >= 0.6 is 0 Å². The van der Waals surface area contributed by atoms with Crippen LogP contribution in [0.15, 0.2) is 18.2 Å². The van der Waals surface area contributed by atoms with Crippen molar-refractivity contribution in [2.24, 2.45) is 5.92 Å². The molecule has 1 heterocycles. The van der Waals surface area contributed by atoms with E-state index in [4.69, 9.17) is 9.47 Å². The van der Waals surface area contributed by atoms with Crippen LogP contribution in [0, 0.1) is 5.92 Å². The number of amides is 3. The molecular weight excluding hydrogens is 364 g/mol. The number of benzene rings is 1. The Hall–Kier alpha value is -2.74. The number of hydrogen-bond acceptors (Lipinski definition) is 6. The van der Waals surface area contributed by atoms with Crippen LogP contribution in [0.2, 0.25) is 0 Å². The molecule has 8 heteroatoms. The monoisotopic (exact) mass is 390 g/mol. The van der Waals surface area contributed by atoms with Gasteiger partial charge in [0.05, 0.1) is 16.7 Å². The number of fused-ring (bicyclic) bond motifs is 1. The van der Waals surface area contributed by atoms with E-state index in [1.165, 1.54) is 18.2 Å². The fraction of sp³-hybridized carbons (Fsp3) is 0.500. The Balaban J connectivity index is 2.00.